The summed E-state index contributed by atoms with van der Waals surface area (Å²) < 4.78 is 25.2. The van der Waals surface area contributed by atoms with Crippen LogP contribution in [-0.4, -0.2) is 17.8 Å². The Labute approximate surface area is 81.6 Å². The second-order valence-electron chi connectivity index (χ2n) is 3.19. The van der Waals surface area contributed by atoms with E-state index in [4.69, 9.17) is 5.11 Å². The maximum absolute atomic E-state index is 12.7. The summed E-state index contributed by atoms with van der Waals surface area (Å²) in [5.74, 6) is -1.72. The molecule has 0 aliphatic carbocycles. The second-order valence-corrected chi connectivity index (χ2v) is 3.19. The molecule has 0 amide bonds. The summed E-state index contributed by atoms with van der Waals surface area (Å²) in [5.41, 5.74) is 0.518. The quantitative estimate of drug-likeness (QED) is 0.782. The summed E-state index contributed by atoms with van der Waals surface area (Å²) in [6.45, 7) is 2.20. The fourth-order valence-corrected chi connectivity index (χ4v) is 1.03. The number of nitrogens with one attached hydrogen (secondary N) is 1. The number of halogens is 2. The molecule has 0 radical (unpaired) electrons. The number of benzene rings is 1. The number of rotatable bonds is 4. The van der Waals surface area contributed by atoms with Crippen LogP contribution in [-0.2, 0) is 0 Å². The van der Waals surface area contributed by atoms with Gasteiger partial charge in [0, 0.05) is 12.2 Å². The fourth-order valence-electron chi connectivity index (χ4n) is 1.03. The summed E-state index contributed by atoms with van der Waals surface area (Å²) in [5, 5.41) is 11.8. The molecule has 0 aromatic heterocycles. The molecule has 78 valence electrons. The molecule has 4 heteroatoms. The maximum atomic E-state index is 12.7. The molecule has 0 spiro atoms. The third-order valence-corrected chi connectivity index (χ3v) is 1.81. The third-order valence-electron chi connectivity index (χ3n) is 1.81. The first-order valence-electron chi connectivity index (χ1n) is 4.46. The van der Waals surface area contributed by atoms with Gasteiger partial charge < -0.3 is 10.4 Å². The molecule has 1 rings (SSSR count). The molecule has 1 aromatic carbocycles. The Balaban J connectivity index is 2.47. The summed E-state index contributed by atoms with van der Waals surface area (Å²) in [4.78, 5) is 0. The van der Waals surface area contributed by atoms with Crippen molar-refractivity contribution in [2.45, 2.75) is 19.4 Å². The normalized spacial score (nSPS) is 12.6. The molecular weight excluding hydrogens is 188 g/mol. The average molecular weight is 201 g/mol. The van der Waals surface area contributed by atoms with Crippen LogP contribution in [0.1, 0.15) is 13.3 Å². The molecule has 2 nitrogen and oxygen atoms in total. The van der Waals surface area contributed by atoms with Crippen molar-refractivity contribution in [3.63, 3.8) is 0 Å². The zero-order valence-corrected chi connectivity index (χ0v) is 7.93. The highest BCUT2D eigenvalue weighted by atomic mass is 19.2. The van der Waals surface area contributed by atoms with Gasteiger partial charge in [-0.1, -0.05) is 0 Å². The van der Waals surface area contributed by atoms with Gasteiger partial charge in [-0.05, 0) is 31.5 Å². The van der Waals surface area contributed by atoms with E-state index >= 15 is 0 Å². The van der Waals surface area contributed by atoms with Crippen molar-refractivity contribution in [1.82, 2.24) is 0 Å². The number of hydrogen-bond donors (Lipinski definition) is 2. The number of anilines is 1. The summed E-state index contributed by atoms with van der Waals surface area (Å²) in [7, 11) is 0. The van der Waals surface area contributed by atoms with Crippen molar-refractivity contribution in [2.75, 3.05) is 11.9 Å². The van der Waals surface area contributed by atoms with Gasteiger partial charge in [0.1, 0.15) is 0 Å². The molecule has 0 fully saturated rings. The Hall–Kier alpha value is -1.16. The van der Waals surface area contributed by atoms with Crippen LogP contribution >= 0.6 is 0 Å². The predicted octanol–water partition coefficient (Wildman–Crippen LogP) is 2.15. The SMILES string of the molecule is CC(O)CCNc1ccc(F)c(F)c1. The second kappa shape index (κ2) is 4.91. The monoisotopic (exact) mass is 201 g/mol. The van der Waals surface area contributed by atoms with Gasteiger partial charge in [-0.3, -0.25) is 0 Å². The Morgan fingerprint density at radius 2 is 2.07 bits per heavy atom. The highest BCUT2D eigenvalue weighted by molar-refractivity contribution is 5.43. The zero-order valence-electron chi connectivity index (χ0n) is 7.93. The number of hydrogen-bond acceptors (Lipinski definition) is 2. The van der Waals surface area contributed by atoms with Crippen molar-refractivity contribution in [1.29, 1.82) is 0 Å². The lowest BCUT2D eigenvalue weighted by molar-refractivity contribution is 0.189. The Morgan fingerprint density at radius 1 is 1.36 bits per heavy atom. The first-order chi connectivity index (χ1) is 6.59. The minimum Gasteiger partial charge on any atom is -0.393 e. The van der Waals surface area contributed by atoms with Crippen LogP contribution in [0.4, 0.5) is 14.5 Å². The molecular formula is C10H13F2NO. The van der Waals surface area contributed by atoms with Crippen molar-refractivity contribution < 1.29 is 13.9 Å². The van der Waals surface area contributed by atoms with Crippen molar-refractivity contribution in [3.05, 3.63) is 29.8 Å². The Bertz CT molecular complexity index is 302. The molecule has 0 saturated carbocycles. The lowest BCUT2D eigenvalue weighted by Gasteiger charge is -2.07. The molecule has 0 aliphatic heterocycles. The minimum absolute atomic E-state index is 0.396. The van der Waals surface area contributed by atoms with Gasteiger partial charge in [0.15, 0.2) is 11.6 Å². The lowest BCUT2D eigenvalue weighted by atomic mass is 10.2. The minimum atomic E-state index is -0.868. The van der Waals surface area contributed by atoms with E-state index in [-0.39, 0.29) is 0 Å². The highest BCUT2D eigenvalue weighted by Crippen LogP contribution is 2.12. The topological polar surface area (TPSA) is 32.3 Å². The van der Waals surface area contributed by atoms with E-state index in [0.717, 1.165) is 12.1 Å². The van der Waals surface area contributed by atoms with Gasteiger partial charge in [-0.25, -0.2) is 8.78 Å². The Morgan fingerprint density at radius 3 is 2.64 bits per heavy atom. The van der Waals surface area contributed by atoms with Gasteiger partial charge in [0.05, 0.1) is 6.10 Å². The molecule has 0 bridgehead atoms. The van der Waals surface area contributed by atoms with Gasteiger partial charge >= 0.3 is 0 Å². The molecule has 1 aromatic rings. The van der Waals surface area contributed by atoms with Gasteiger partial charge in [-0.2, -0.15) is 0 Å². The molecule has 0 saturated heterocycles. The summed E-state index contributed by atoms with van der Waals surface area (Å²) in [6.07, 6.45) is 0.173. The first-order valence-corrected chi connectivity index (χ1v) is 4.46. The van der Waals surface area contributed by atoms with Gasteiger partial charge in [-0.15, -0.1) is 0 Å². The van der Waals surface area contributed by atoms with Gasteiger partial charge in [0.2, 0.25) is 0 Å². The van der Waals surface area contributed by atoms with Crippen LogP contribution in [0, 0.1) is 11.6 Å². The summed E-state index contributed by atoms with van der Waals surface area (Å²) in [6, 6.07) is 3.62. The van der Waals surface area contributed by atoms with Crippen molar-refractivity contribution in [3.8, 4) is 0 Å². The molecule has 14 heavy (non-hydrogen) atoms. The molecule has 0 aliphatic rings. The lowest BCUT2D eigenvalue weighted by Crippen LogP contribution is -2.09. The van der Waals surface area contributed by atoms with Crippen LogP contribution in [0.3, 0.4) is 0 Å². The van der Waals surface area contributed by atoms with Crippen LogP contribution in [0.5, 0.6) is 0 Å². The number of aliphatic hydroxyl groups excluding tert-OH is 1. The number of aliphatic hydroxyl groups is 1. The van der Waals surface area contributed by atoms with Crippen molar-refractivity contribution in [2.24, 2.45) is 0 Å². The van der Waals surface area contributed by atoms with E-state index < -0.39 is 17.7 Å². The highest BCUT2D eigenvalue weighted by Gasteiger charge is 2.02. The standard InChI is InChI=1S/C10H13F2NO/c1-7(14)4-5-13-8-2-3-9(11)10(12)6-8/h2-3,6-7,13-14H,4-5H2,1H3. The molecule has 1 atom stereocenters. The van der Waals surface area contributed by atoms with Crippen LogP contribution in [0.15, 0.2) is 18.2 Å². The van der Waals surface area contributed by atoms with Crippen LogP contribution in [0.2, 0.25) is 0 Å². The van der Waals surface area contributed by atoms with E-state index in [9.17, 15) is 8.78 Å². The van der Waals surface area contributed by atoms with Crippen LogP contribution in [0.25, 0.3) is 0 Å². The van der Waals surface area contributed by atoms with E-state index in [0.29, 0.717) is 18.7 Å². The van der Waals surface area contributed by atoms with E-state index in [2.05, 4.69) is 5.32 Å². The Kier molecular flexibility index (Phi) is 3.83. The molecule has 2 N–H and O–H groups in total. The fraction of sp³-hybridized carbons (Fsp3) is 0.400. The largest absolute Gasteiger partial charge is 0.393 e. The summed E-state index contributed by atoms with van der Waals surface area (Å²) >= 11 is 0. The third kappa shape index (κ3) is 3.30. The van der Waals surface area contributed by atoms with E-state index in [1.807, 2.05) is 0 Å². The first kappa shape index (κ1) is 10.9. The van der Waals surface area contributed by atoms with Crippen molar-refractivity contribution >= 4 is 5.69 Å². The van der Waals surface area contributed by atoms with Crippen LogP contribution < -0.4 is 5.32 Å². The maximum Gasteiger partial charge on any atom is 0.160 e. The molecule has 1 unspecified atom stereocenters. The van der Waals surface area contributed by atoms with Gasteiger partial charge in [0.25, 0.3) is 0 Å². The van der Waals surface area contributed by atoms with E-state index in [1.54, 1.807) is 6.92 Å². The smallest absolute Gasteiger partial charge is 0.160 e. The zero-order chi connectivity index (χ0) is 10.6. The molecule has 0 heterocycles. The van der Waals surface area contributed by atoms with E-state index in [1.165, 1.54) is 6.07 Å². The average Bonchev–Trinajstić information content (AvgIpc) is 2.10. The predicted molar refractivity (Wildman–Crippen MR) is 51.1 cm³/mol.